The predicted molar refractivity (Wildman–Crippen MR) is 97.7 cm³/mol. The van der Waals surface area contributed by atoms with Crippen LogP contribution < -0.4 is 5.73 Å². The number of nitrogens with two attached hydrogens (primary N) is 1. The molecule has 0 aromatic heterocycles. The van der Waals surface area contributed by atoms with Gasteiger partial charge in [0.1, 0.15) is 5.54 Å². The van der Waals surface area contributed by atoms with Crippen LogP contribution in [0.1, 0.15) is 18.1 Å². The highest BCUT2D eigenvalue weighted by Crippen LogP contribution is 2.19. The molecule has 2 unspecified atom stereocenters. The van der Waals surface area contributed by atoms with Crippen LogP contribution in [0.2, 0.25) is 0 Å². The SMILES string of the molecule is CN(CC(O)COCc1ccccc1)C(=O)C(C)(N)c1ccccc1. The number of benzene rings is 2. The molecule has 2 aromatic carbocycles. The van der Waals surface area contributed by atoms with E-state index < -0.39 is 11.6 Å². The number of hydrogen-bond donors (Lipinski definition) is 2. The predicted octanol–water partition coefficient (Wildman–Crippen LogP) is 1.90. The third-order valence-corrected chi connectivity index (χ3v) is 4.07. The number of carbonyl (C=O) groups is 1. The summed E-state index contributed by atoms with van der Waals surface area (Å²) in [4.78, 5) is 14.1. The molecule has 0 aliphatic rings. The lowest BCUT2D eigenvalue weighted by molar-refractivity contribution is -0.137. The molecule has 0 heterocycles. The maximum atomic E-state index is 12.6. The van der Waals surface area contributed by atoms with Crippen molar-refractivity contribution in [1.82, 2.24) is 4.90 Å². The van der Waals surface area contributed by atoms with E-state index in [1.165, 1.54) is 4.90 Å². The summed E-state index contributed by atoms with van der Waals surface area (Å²) in [6, 6.07) is 19.0. The van der Waals surface area contributed by atoms with Gasteiger partial charge in [-0.1, -0.05) is 60.7 Å². The average Bonchev–Trinajstić information content (AvgIpc) is 2.62. The number of amides is 1. The molecule has 2 atom stereocenters. The molecule has 2 aromatic rings. The van der Waals surface area contributed by atoms with E-state index in [-0.39, 0.29) is 19.1 Å². The second-order valence-electron chi connectivity index (χ2n) is 6.41. The first-order chi connectivity index (χ1) is 11.9. The molecule has 2 rings (SSSR count). The molecule has 134 valence electrons. The highest BCUT2D eigenvalue weighted by atomic mass is 16.5. The van der Waals surface area contributed by atoms with Gasteiger partial charge in [-0.2, -0.15) is 0 Å². The van der Waals surface area contributed by atoms with Gasteiger partial charge < -0.3 is 20.5 Å². The molecule has 5 nitrogen and oxygen atoms in total. The molecule has 3 N–H and O–H groups in total. The first-order valence-electron chi connectivity index (χ1n) is 8.31. The van der Waals surface area contributed by atoms with Gasteiger partial charge in [0.15, 0.2) is 0 Å². The zero-order chi connectivity index (χ0) is 18.3. The van der Waals surface area contributed by atoms with Crippen LogP contribution in [0.25, 0.3) is 0 Å². The average molecular weight is 342 g/mol. The Balaban J connectivity index is 1.83. The molecule has 5 heteroatoms. The van der Waals surface area contributed by atoms with Crippen LogP contribution in [-0.2, 0) is 21.7 Å². The van der Waals surface area contributed by atoms with Gasteiger partial charge in [0.05, 0.1) is 19.3 Å². The van der Waals surface area contributed by atoms with Crippen LogP contribution in [0.3, 0.4) is 0 Å². The second kappa shape index (κ2) is 8.76. The Bertz CT molecular complexity index is 659. The first-order valence-corrected chi connectivity index (χ1v) is 8.31. The molecule has 0 aliphatic heterocycles. The van der Waals surface area contributed by atoms with E-state index in [0.29, 0.717) is 6.61 Å². The molecule has 0 saturated carbocycles. The molecular weight excluding hydrogens is 316 g/mol. The highest BCUT2D eigenvalue weighted by molar-refractivity contribution is 5.86. The Kier molecular flexibility index (Phi) is 6.70. The van der Waals surface area contributed by atoms with Gasteiger partial charge in [-0.3, -0.25) is 4.79 Å². The van der Waals surface area contributed by atoms with Crippen LogP contribution in [0.15, 0.2) is 60.7 Å². The molecule has 1 amide bonds. The van der Waals surface area contributed by atoms with E-state index in [4.69, 9.17) is 10.5 Å². The molecule has 0 radical (unpaired) electrons. The van der Waals surface area contributed by atoms with Gasteiger partial charge in [0.25, 0.3) is 0 Å². The zero-order valence-corrected chi connectivity index (χ0v) is 14.8. The van der Waals surface area contributed by atoms with Gasteiger partial charge in [-0.25, -0.2) is 0 Å². The lowest BCUT2D eigenvalue weighted by Crippen LogP contribution is -2.51. The quantitative estimate of drug-likeness (QED) is 0.768. The maximum Gasteiger partial charge on any atom is 0.246 e. The standard InChI is InChI=1S/C20H26N2O3/c1-20(21,17-11-7-4-8-12-17)19(24)22(2)13-18(23)15-25-14-16-9-5-3-6-10-16/h3-12,18,23H,13-15,21H2,1-2H3. The summed E-state index contributed by atoms with van der Waals surface area (Å²) < 4.78 is 5.51. The van der Waals surface area contributed by atoms with Crippen molar-refractivity contribution in [1.29, 1.82) is 0 Å². The number of rotatable bonds is 8. The summed E-state index contributed by atoms with van der Waals surface area (Å²) in [5.74, 6) is -0.249. The van der Waals surface area contributed by atoms with Crippen molar-refractivity contribution in [3.63, 3.8) is 0 Å². The second-order valence-corrected chi connectivity index (χ2v) is 6.41. The van der Waals surface area contributed by atoms with Crippen molar-refractivity contribution in [2.75, 3.05) is 20.2 Å². The molecule has 0 aliphatic carbocycles. The van der Waals surface area contributed by atoms with Gasteiger partial charge in [0, 0.05) is 13.6 Å². The van der Waals surface area contributed by atoms with Crippen LogP contribution in [-0.4, -0.2) is 42.2 Å². The number of nitrogens with zero attached hydrogens (tertiary/aromatic N) is 1. The van der Waals surface area contributed by atoms with E-state index in [2.05, 4.69) is 0 Å². The molecule has 0 saturated heterocycles. The molecule has 0 bridgehead atoms. The third-order valence-electron chi connectivity index (χ3n) is 4.07. The Morgan fingerprint density at radius 2 is 1.72 bits per heavy atom. The monoisotopic (exact) mass is 342 g/mol. The van der Waals surface area contributed by atoms with Crippen molar-refractivity contribution >= 4 is 5.91 Å². The van der Waals surface area contributed by atoms with E-state index in [1.54, 1.807) is 14.0 Å². The van der Waals surface area contributed by atoms with Crippen molar-refractivity contribution in [2.24, 2.45) is 5.73 Å². The fourth-order valence-corrected chi connectivity index (χ4v) is 2.64. The zero-order valence-electron chi connectivity index (χ0n) is 14.8. The number of aliphatic hydroxyl groups excluding tert-OH is 1. The summed E-state index contributed by atoms with van der Waals surface area (Å²) in [5.41, 5.74) is 6.87. The van der Waals surface area contributed by atoms with Crippen molar-refractivity contribution in [2.45, 2.75) is 25.2 Å². The topological polar surface area (TPSA) is 75.8 Å². The lowest BCUT2D eigenvalue weighted by Gasteiger charge is -2.30. The van der Waals surface area contributed by atoms with Crippen LogP contribution in [0, 0.1) is 0 Å². The minimum Gasteiger partial charge on any atom is -0.389 e. The first kappa shape index (κ1) is 19.1. The van der Waals surface area contributed by atoms with Crippen molar-refractivity contribution in [3.05, 3.63) is 71.8 Å². The largest absolute Gasteiger partial charge is 0.389 e. The van der Waals surface area contributed by atoms with Crippen molar-refractivity contribution < 1.29 is 14.6 Å². The summed E-state index contributed by atoms with van der Waals surface area (Å²) in [7, 11) is 1.64. The fourth-order valence-electron chi connectivity index (χ4n) is 2.64. The van der Waals surface area contributed by atoms with Crippen LogP contribution >= 0.6 is 0 Å². The minimum atomic E-state index is -1.14. The molecule has 0 fully saturated rings. The van der Waals surface area contributed by atoms with Gasteiger partial charge in [-0.15, -0.1) is 0 Å². The molecule has 25 heavy (non-hydrogen) atoms. The van der Waals surface area contributed by atoms with Crippen LogP contribution in [0.4, 0.5) is 0 Å². The van der Waals surface area contributed by atoms with Gasteiger partial charge in [-0.05, 0) is 18.1 Å². The van der Waals surface area contributed by atoms with E-state index in [9.17, 15) is 9.90 Å². The summed E-state index contributed by atoms with van der Waals surface area (Å²) in [5, 5.41) is 10.1. The minimum absolute atomic E-state index is 0.152. The number of carbonyl (C=O) groups excluding carboxylic acids is 1. The Morgan fingerprint density at radius 1 is 1.16 bits per heavy atom. The smallest absolute Gasteiger partial charge is 0.246 e. The van der Waals surface area contributed by atoms with E-state index in [0.717, 1.165) is 11.1 Å². The summed E-state index contributed by atoms with van der Waals surface area (Å²) in [6.07, 6.45) is -0.774. The number of ether oxygens (including phenoxy) is 1. The summed E-state index contributed by atoms with van der Waals surface area (Å²) >= 11 is 0. The summed E-state index contributed by atoms with van der Waals surface area (Å²) in [6.45, 7) is 2.42. The van der Waals surface area contributed by atoms with E-state index >= 15 is 0 Å². The Hall–Kier alpha value is -2.21. The normalized spacial score (nSPS) is 14.6. The van der Waals surface area contributed by atoms with Crippen molar-refractivity contribution in [3.8, 4) is 0 Å². The highest BCUT2D eigenvalue weighted by Gasteiger charge is 2.33. The number of likely N-dealkylation sites (N-methyl/N-ethyl adjacent to an activating group) is 1. The Labute approximate surface area is 149 Å². The van der Waals surface area contributed by atoms with E-state index in [1.807, 2.05) is 60.7 Å². The number of aliphatic hydroxyl groups is 1. The lowest BCUT2D eigenvalue weighted by atomic mass is 9.91. The van der Waals surface area contributed by atoms with Crippen LogP contribution in [0.5, 0.6) is 0 Å². The van der Waals surface area contributed by atoms with Gasteiger partial charge >= 0.3 is 0 Å². The fraction of sp³-hybridized carbons (Fsp3) is 0.350. The molecule has 0 spiro atoms. The Morgan fingerprint density at radius 3 is 2.32 bits per heavy atom. The molecular formula is C20H26N2O3. The number of hydrogen-bond acceptors (Lipinski definition) is 4. The van der Waals surface area contributed by atoms with Gasteiger partial charge in [0.2, 0.25) is 5.91 Å². The third kappa shape index (κ3) is 5.39. The maximum absolute atomic E-state index is 12.6.